The minimum absolute atomic E-state index is 0.0296. The monoisotopic (exact) mass is 275 g/mol. The molecule has 100 valence electrons. The summed E-state index contributed by atoms with van der Waals surface area (Å²) in [4.78, 5) is 21.7. The van der Waals surface area contributed by atoms with Gasteiger partial charge in [-0.25, -0.2) is 4.98 Å². The van der Waals surface area contributed by atoms with Crippen molar-refractivity contribution in [1.29, 1.82) is 0 Å². The molecule has 0 unspecified atom stereocenters. The molecule has 0 bridgehead atoms. The van der Waals surface area contributed by atoms with Gasteiger partial charge >= 0.3 is 0 Å². The largest absolute Gasteiger partial charge is 0.343 e. The van der Waals surface area contributed by atoms with Crippen LogP contribution in [0.5, 0.6) is 0 Å². The Kier molecular flexibility index (Phi) is 4.27. The SMILES string of the molecule is CC[C@H](NC(=O)c1ccncc1)c1nc(C)c(C)s1. The van der Waals surface area contributed by atoms with E-state index in [9.17, 15) is 4.79 Å². The van der Waals surface area contributed by atoms with Gasteiger partial charge in [-0.05, 0) is 32.4 Å². The molecule has 5 heteroatoms. The molecule has 1 atom stereocenters. The quantitative estimate of drug-likeness (QED) is 0.933. The zero-order chi connectivity index (χ0) is 13.8. The third-order valence-electron chi connectivity index (χ3n) is 3.00. The Balaban J connectivity index is 2.14. The lowest BCUT2D eigenvalue weighted by atomic mass is 10.2. The lowest BCUT2D eigenvalue weighted by Gasteiger charge is -2.14. The minimum atomic E-state index is -0.0836. The summed E-state index contributed by atoms with van der Waals surface area (Å²) in [6.07, 6.45) is 4.06. The zero-order valence-electron chi connectivity index (χ0n) is 11.3. The van der Waals surface area contributed by atoms with Crippen LogP contribution in [0.15, 0.2) is 24.5 Å². The summed E-state index contributed by atoms with van der Waals surface area (Å²) in [7, 11) is 0. The summed E-state index contributed by atoms with van der Waals surface area (Å²) in [6, 6.07) is 3.39. The molecule has 0 fully saturated rings. The Morgan fingerprint density at radius 3 is 2.58 bits per heavy atom. The average molecular weight is 275 g/mol. The molecule has 0 aliphatic carbocycles. The fraction of sp³-hybridized carbons (Fsp3) is 0.357. The number of hydrogen-bond donors (Lipinski definition) is 1. The van der Waals surface area contributed by atoms with Crippen molar-refractivity contribution in [2.24, 2.45) is 0 Å². The Morgan fingerprint density at radius 2 is 2.05 bits per heavy atom. The van der Waals surface area contributed by atoms with Crippen molar-refractivity contribution >= 4 is 17.2 Å². The molecular formula is C14H17N3OS. The molecule has 0 spiro atoms. The van der Waals surface area contributed by atoms with Gasteiger partial charge in [-0.2, -0.15) is 0 Å². The summed E-state index contributed by atoms with van der Waals surface area (Å²) in [5, 5.41) is 3.99. The highest BCUT2D eigenvalue weighted by Gasteiger charge is 2.17. The number of aromatic nitrogens is 2. The second-order valence-electron chi connectivity index (χ2n) is 4.36. The van der Waals surface area contributed by atoms with E-state index >= 15 is 0 Å². The summed E-state index contributed by atoms with van der Waals surface area (Å²) < 4.78 is 0. The molecule has 0 radical (unpaired) electrons. The van der Waals surface area contributed by atoms with E-state index < -0.39 is 0 Å². The van der Waals surface area contributed by atoms with Gasteiger partial charge in [0.15, 0.2) is 0 Å². The Hall–Kier alpha value is -1.75. The predicted octanol–water partition coefficient (Wildman–Crippen LogP) is 3.04. The summed E-state index contributed by atoms with van der Waals surface area (Å²) >= 11 is 1.65. The van der Waals surface area contributed by atoms with Crippen molar-refractivity contribution in [3.8, 4) is 0 Å². The Morgan fingerprint density at radius 1 is 1.37 bits per heavy atom. The van der Waals surface area contributed by atoms with Gasteiger partial charge in [-0.1, -0.05) is 6.92 Å². The average Bonchev–Trinajstić information content (AvgIpc) is 2.76. The predicted molar refractivity (Wildman–Crippen MR) is 76.3 cm³/mol. The molecule has 0 aliphatic rings. The highest BCUT2D eigenvalue weighted by atomic mass is 32.1. The van der Waals surface area contributed by atoms with Gasteiger partial charge in [0, 0.05) is 22.8 Å². The molecule has 1 amide bonds. The van der Waals surface area contributed by atoms with E-state index in [2.05, 4.69) is 15.3 Å². The van der Waals surface area contributed by atoms with Gasteiger partial charge < -0.3 is 5.32 Å². The van der Waals surface area contributed by atoms with Crippen LogP contribution in [0.3, 0.4) is 0 Å². The molecule has 0 saturated heterocycles. The maximum absolute atomic E-state index is 12.1. The minimum Gasteiger partial charge on any atom is -0.343 e. The van der Waals surface area contributed by atoms with E-state index in [1.807, 2.05) is 20.8 Å². The van der Waals surface area contributed by atoms with E-state index in [0.717, 1.165) is 17.1 Å². The third kappa shape index (κ3) is 3.17. The number of amides is 1. The number of rotatable bonds is 4. The topological polar surface area (TPSA) is 54.9 Å². The van der Waals surface area contributed by atoms with Gasteiger partial charge in [-0.3, -0.25) is 9.78 Å². The van der Waals surface area contributed by atoms with Crippen LogP contribution in [0, 0.1) is 13.8 Å². The molecule has 2 aromatic rings. The van der Waals surface area contributed by atoms with Gasteiger partial charge in [0.05, 0.1) is 11.7 Å². The van der Waals surface area contributed by atoms with Crippen molar-refractivity contribution in [1.82, 2.24) is 15.3 Å². The highest BCUT2D eigenvalue weighted by Crippen LogP contribution is 2.25. The van der Waals surface area contributed by atoms with Crippen LogP contribution >= 0.6 is 11.3 Å². The first-order valence-electron chi connectivity index (χ1n) is 6.26. The first kappa shape index (κ1) is 13.7. The van der Waals surface area contributed by atoms with Gasteiger partial charge in [0.2, 0.25) is 0 Å². The lowest BCUT2D eigenvalue weighted by Crippen LogP contribution is -2.28. The van der Waals surface area contributed by atoms with Crippen LogP contribution in [0.1, 0.15) is 45.3 Å². The molecular weight excluding hydrogens is 258 g/mol. The second kappa shape index (κ2) is 5.93. The number of carbonyl (C=O) groups excluding carboxylic acids is 1. The number of carbonyl (C=O) groups is 1. The van der Waals surface area contributed by atoms with Crippen LogP contribution in [-0.2, 0) is 0 Å². The molecule has 2 aromatic heterocycles. The first-order valence-corrected chi connectivity index (χ1v) is 7.08. The first-order chi connectivity index (χ1) is 9.11. The van der Waals surface area contributed by atoms with Crippen molar-refractivity contribution in [3.05, 3.63) is 45.7 Å². The van der Waals surface area contributed by atoms with Crippen LogP contribution in [0.2, 0.25) is 0 Å². The number of hydrogen-bond acceptors (Lipinski definition) is 4. The van der Waals surface area contributed by atoms with Crippen LogP contribution in [0.4, 0.5) is 0 Å². The molecule has 1 N–H and O–H groups in total. The van der Waals surface area contributed by atoms with Crippen molar-refractivity contribution < 1.29 is 4.79 Å². The maximum Gasteiger partial charge on any atom is 0.251 e. The van der Waals surface area contributed by atoms with Crippen LogP contribution in [0.25, 0.3) is 0 Å². The maximum atomic E-state index is 12.1. The van der Waals surface area contributed by atoms with Gasteiger partial charge in [0.25, 0.3) is 5.91 Å². The molecule has 2 rings (SSSR count). The van der Waals surface area contributed by atoms with E-state index in [1.54, 1.807) is 35.9 Å². The fourth-order valence-corrected chi connectivity index (χ4v) is 2.79. The van der Waals surface area contributed by atoms with Crippen molar-refractivity contribution in [2.75, 3.05) is 0 Å². The number of pyridine rings is 1. The molecule has 0 saturated carbocycles. The van der Waals surface area contributed by atoms with E-state index in [4.69, 9.17) is 0 Å². The molecule has 0 aliphatic heterocycles. The Labute approximate surface area is 116 Å². The van der Waals surface area contributed by atoms with Crippen LogP contribution < -0.4 is 5.32 Å². The Bertz CT molecular complexity index is 546. The number of nitrogens with one attached hydrogen (secondary N) is 1. The number of aryl methyl sites for hydroxylation is 2. The molecule has 4 nitrogen and oxygen atoms in total. The smallest absolute Gasteiger partial charge is 0.251 e. The summed E-state index contributed by atoms with van der Waals surface area (Å²) in [6.45, 7) is 6.09. The number of thiazole rings is 1. The van der Waals surface area contributed by atoms with E-state index in [0.29, 0.717) is 5.56 Å². The van der Waals surface area contributed by atoms with Crippen molar-refractivity contribution in [3.63, 3.8) is 0 Å². The van der Waals surface area contributed by atoms with E-state index in [1.165, 1.54) is 4.88 Å². The molecule has 2 heterocycles. The van der Waals surface area contributed by atoms with Gasteiger partial charge in [-0.15, -0.1) is 11.3 Å². The van der Waals surface area contributed by atoms with Crippen molar-refractivity contribution in [2.45, 2.75) is 33.2 Å². The normalized spacial score (nSPS) is 12.2. The highest BCUT2D eigenvalue weighted by molar-refractivity contribution is 7.11. The van der Waals surface area contributed by atoms with Gasteiger partial charge in [0.1, 0.15) is 5.01 Å². The van der Waals surface area contributed by atoms with E-state index in [-0.39, 0.29) is 11.9 Å². The fourth-order valence-electron chi connectivity index (χ4n) is 1.73. The summed E-state index contributed by atoms with van der Waals surface area (Å²) in [5.41, 5.74) is 1.66. The lowest BCUT2D eigenvalue weighted by molar-refractivity contribution is 0.0935. The van der Waals surface area contributed by atoms with Crippen LogP contribution in [-0.4, -0.2) is 15.9 Å². The summed E-state index contributed by atoms with van der Waals surface area (Å²) in [5.74, 6) is -0.0836. The standard InChI is InChI=1S/C14H17N3OS/c1-4-12(14-16-9(2)10(3)19-14)17-13(18)11-5-7-15-8-6-11/h5-8,12H,4H2,1-3H3,(H,17,18)/t12-/m0/s1. The molecule has 19 heavy (non-hydrogen) atoms. The second-order valence-corrected chi connectivity index (χ2v) is 5.60. The molecule has 0 aromatic carbocycles. The zero-order valence-corrected chi connectivity index (χ0v) is 12.1. The number of nitrogens with zero attached hydrogens (tertiary/aromatic N) is 2. The third-order valence-corrected chi connectivity index (χ3v) is 4.19.